The number of esters is 1. The first-order valence-corrected chi connectivity index (χ1v) is 8.45. The summed E-state index contributed by atoms with van der Waals surface area (Å²) in [6, 6.07) is 11.8. The number of fused-ring (bicyclic) bond motifs is 1. The maximum absolute atomic E-state index is 12.7. The van der Waals surface area contributed by atoms with E-state index in [2.05, 4.69) is 10.3 Å². The zero-order valence-electron chi connectivity index (χ0n) is 15.0. The van der Waals surface area contributed by atoms with Gasteiger partial charge in [-0.05, 0) is 43.3 Å². The fourth-order valence-electron chi connectivity index (χ4n) is 2.67. The number of hydrogen-bond donors (Lipinski definition) is 1. The van der Waals surface area contributed by atoms with Crippen LogP contribution < -0.4 is 10.1 Å². The summed E-state index contributed by atoms with van der Waals surface area (Å²) < 4.78 is 9.89. The molecule has 0 fully saturated rings. The van der Waals surface area contributed by atoms with Gasteiger partial charge < -0.3 is 14.8 Å². The minimum Gasteiger partial charge on any atom is -0.497 e. The van der Waals surface area contributed by atoms with E-state index in [0.29, 0.717) is 22.7 Å². The first-order chi connectivity index (χ1) is 12.9. The third kappa shape index (κ3) is 3.85. The molecule has 1 heterocycles. The summed E-state index contributed by atoms with van der Waals surface area (Å²) in [6.45, 7) is 1.76. The van der Waals surface area contributed by atoms with Crippen molar-refractivity contribution in [1.29, 1.82) is 0 Å². The molecule has 0 radical (unpaired) electrons. The van der Waals surface area contributed by atoms with E-state index >= 15 is 0 Å². The van der Waals surface area contributed by atoms with Crippen molar-refractivity contribution < 1.29 is 19.1 Å². The number of benzene rings is 2. The summed E-state index contributed by atoms with van der Waals surface area (Å²) in [6.07, 6.45) is 0. The zero-order valence-corrected chi connectivity index (χ0v) is 15.8. The highest BCUT2D eigenvalue weighted by atomic mass is 35.5. The highest BCUT2D eigenvalue weighted by Gasteiger charge is 2.15. The van der Waals surface area contributed by atoms with Gasteiger partial charge in [-0.3, -0.25) is 9.78 Å². The molecule has 1 amide bonds. The van der Waals surface area contributed by atoms with Gasteiger partial charge in [0.05, 0.1) is 41.6 Å². The molecule has 0 unspecified atom stereocenters. The molecule has 0 saturated heterocycles. The second kappa shape index (κ2) is 7.63. The normalized spacial score (nSPS) is 10.5. The molecule has 3 aromatic rings. The molecule has 0 spiro atoms. The monoisotopic (exact) mass is 384 g/mol. The van der Waals surface area contributed by atoms with Gasteiger partial charge in [-0.25, -0.2) is 4.79 Å². The second-order valence-corrected chi connectivity index (χ2v) is 6.23. The summed E-state index contributed by atoms with van der Waals surface area (Å²) in [4.78, 5) is 29.0. The minimum atomic E-state index is -0.575. The highest BCUT2D eigenvalue weighted by molar-refractivity contribution is 6.33. The topological polar surface area (TPSA) is 77.5 Å². The minimum absolute atomic E-state index is 0.178. The maximum Gasteiger partial charge on any atom is 0.339 e. The molecule has 0 aliphatic rings. The van der Waals surface area contributed by atoms with Crippen molar-refractivity contribution in [2.75, 3.05) is 19.5 Å². The average molecular weight is 385 g/mol. The molecule has 0 bridgehead atoms. The fourth-order valence-corrected chi connectivity index (χ4v) is 2.86. The van der Waals surface area contributed by atoms with Crippen LogP contribution in [0.2, 0.25) is 5.02 Å². The number of amides is 1. The van der Waals surface area contributed by atoms with E-state index < -0.39 is 5.97 Å². The van der Waals surface area contributed by atoms with Crippen LogP contribution >= 0.6 is 11.6 Å². The zero-order chi connectivity index (χ0) is 19.6. The van der Waals surface area contributed by atoms with Crippen LogP contribution in [0.15, 0.2) is 42.5 Å². The standard InChI is InChI=1S/C20H17ClN2O4/c1-11-15(8-12-4-6-14(26-2)10-18(12)22-11)19(24)23-13-5-7-17(21)16(9-13)20(25)27-3/h4-10H,1-3H3,(H,23,24). The van der Waals surface area contributed by atoms with Crippen LogP contribution in [0, 0.1) is 6.92 Å². The SMILES string of the molecule is COC(=O)c1cc(NC(=O)c2cc3ccc(OC)cc3nc2C)ccc1Cl. The van der Waals surface area contributed by atoms with E-state index in [9.17, 15) is 9.59 Å². The van der Waals surface area contributed by atoms with Crippen LogP contribution in [0.5, 0.6) is 5.75 Å². The highest BCUT2D eigenvalue weighted by Crippen LogP contribution is 2.24. The van der Waals surface area contributed by atoms with Crippen LogP contribution in [-0.2, 0) is 4.74 Å². The smallest absolute Gasteiger partial charge is 0.339 e. The molecule has 1 aromatic heterocycles. The van der Waals surface area contributed by atoms with Gasteiger partial charge in [0.1, 0.15) is 5.75 Å². The van der Waals surface area contributed by atoms with Crippen molar-refractivity contribution in [2.24, 2.45) is 0 Å². The third-order valence-electron chi connectivity index (χ3n) is 4.09. The summed E-state index contributed by atoms with van der Waals surface area (Å²) in [7, 11) is 2.85. The molecule has 138 valence electrons. The van der Waals surface area contributed by atoms with Crippen molar-refractivity contribution in [3.05, 3.63) is 64.3 Å². The van der Waals surface area contributed by atoms with Gasteiger partial charge in [0.25, 0.3) is 5.91 Å². The number of carbonyl (C=O) groups excluding carboxylic acids is 2. The molecular weight excluding hydrogens is 368 g/mol. The summed E-state index contributed by atoms with van der Waals surface area (Å²) in [5, 5.41) is 3.83. The quantitative estimate of drug-likeness (QED) is 0.680. The van der Waals surface area contributed by atoms with Crippen LogP contribution in [0.1, 0.15) is 26.4 Å². The molecule has 2 aromatic carbocycles. The van der Waals surface area contributed by atoms with Crippen LogP contribution in [0.4, 0.5) is 5.69 Å². The Morgan fingerprint density at radius 3 is 2.52 bits per heavy atom. The Bertz CT molecular complexity index is 1050. The predicted octanol–water partition coefficient (Wildman–Crippen LogP) is 4.24. The van der Waals surface area contributed by atoms with Crippen molar-refractivity contribution in [3.63, 3.8) is 0 Å². The van der Waals surface area contributed by atoms with E-state index in [1.54, 1.807) is 26.2 Å². The number of halogens is 1. The van der Waals surface area contributed by atoms with Crippen LogP contribution in [0.3, 0.4) is 0 Å². The number of anilines is 1. The lowest BCUT2D eigenvalue weighted by atomic mass is 10.1. The Morgan fingerprint density at radius 1 is 1.04 bits per heavy atom. The number of nitrogens with zero attached hydrogens (tertiary/aromatic N) is 1. The van der Waals surface area contributed by atoms with E-state index in [0.717, 1.165) is 10.9 Å². The molecule has 27 heavy (non-hydrogen) atoms. The summed E-state index contributed by atoms with van der Waals surface area (Å²) in [5.74, 6) is -0.215. The first kappa shape index (κ1) is 18.7. The van der Waals surface area contributed by atoms with E-state index in [4.69, 9.17) is 21.1 Å². The molecule has 0 saturated carbocycles. The first-order valence-electron chi connectivity index (χ1n) is 8.07. The number of ether oxygens (including phenoxy) is 2. The van der Waals surface area contributed by atoms with Crippen molar-refractivity contribution in [3.8, 4) is 5.75 Å². The number of pyridine rings is 1. The lowest BCUT2D eigenvalue weighted by molar-refractivity contribution is 0.0600. The third-order valence-corrected chi connectivity index (χ3v) is 4.42. The van der Waals surface area contributed by atoms with E-state index in [-0.39, 0.29) is 16.5 Å². The van der Waals surface area contributed by atoms with Gasteiger partial charge >= 0.3 is 5.97 Å². The predicted molar refractivity (Wildman–Crippen MR) is 104 cm³/mol. The Morgan fingerprint density at radius 2 is 1.81 bits per heavy atom. The number of carbonyl (C=O) groups is 2. The Hall–Kier alpha value is -3.12. The van der Waals surface area contributed by atoms with Gasteiger partial charge in [0, 0.05) is 17.1 Å². The average Bonchev–Trinajstić information content (AvgIpc) is 2.67. The molecule has 0 aliphatic carbocycles. The lowest BCUT2D eigenvalue weighted by Crippen LogP contribution is -2.15. The van der Waals surface area contributed by atoms with Crippen LogP contribution in [-0.4, -0.2) is 31.1 Å². The molecule has 1 N–H and O–H groups in total. The molecule has 0 atom stereocenters. The molecule has 7 heteroatoms. The summed E-state index contributed by atoms with van der Waals surface area (Å²) >= 11 is 6.00. The number of rotatable bonds is 4. The van der Waals surface area contributed by atoms with Crippen molar-refractivity contribution in [1.82, 2.24) is 4.98 Å². The number of aryl methyl sites for hydroxylation is 1. The largest absolute Gasteiger partial charge is 0.497 e. The lowest BCUT2D eigenvalue weighted by Gasteiger charge is -2.11. The Kier molecular flexibility index (Phi) is 5.28. The van der Waals surface area contributed by atoms with Crippen molar-refractivity contribution in [2.45, 2.75) is 6.92 Å². The fraction of sp³-hybridized carbons (Fsp3) is 0.150. The molecular formula is C20H17ClN2O4. The van der Waals surface area contributed by atoms with Gasteiger partial charge in [-0.1, -0.05) is 11.6 Å². The summed E-state index contributed by atoms with van der Waals surface area (Å²) in [5.41, 5.74) is 2.36. The number of methoxy groups -OCH3 is 2. The Labute approximate surface area is 161 Å². The second-order valence-electron chi connectivity index (χ2n) is 5.82. The molecule has 0 aliphatic heterocycles. The van der Waals surface area contributed by atoms with Crippen LogP contribution in [0.25, 0.3) is 10.9 Å². The number of aromatic nitrogens is 1. The van der Waals surface area contributed by atoms with E-state index in [1.165, 1.54) is 19.2 Å². The van der Waals surface area contributed by atoms with Gasteiger partial charge in [-0.15, -0.1) is 0 Å². The number of nitrogens with one attached hydrogen (secondary N) is 1. The van der Waals surface area contributed by atoms with Gasteiger partial charge in [0.15, 0.2) is 0 Å². The van der Waals surface area contributed by atoms with Crippen molar-refractivity contribution >= 4 is 40.1 Å². The number of hydrogen-bond acceptors (Lipinski definition) is 5. The van der Waals surface area contributed by atoms with E-state index in [1.807, 2.05) is 18.2 Å². The Balaban J connectivity index is 1.92. The molecule has 6 nitrogen and oxygen atoms in total. The molecule has 3 rings (SSSR count). The van der Waals surface area contributed by atoms with Gasteiger partial charge in [0.2, 0.25) is 0 Å². The van der Waals surface area contributed by atoms with Gasteiger partial charge in [-0.2, -0.15) is 0 Å². The maximum atomic E-state index is 12.7.